The lowest BCUT2D eigenvalue weighted by molar-refractivity contribution is -0.135. The van der Waals surface area contributed by atoms with E-state index in [4.69, 9.17) is 0 Å². The molecule has 2 atom stereocenters. The molecule has 11 nitrogen and oxygen atoms in total. The van der Waals surface area contributed by atoms with Gasteiger partial charge in [-0.3, -0.25) is 29.1 Å². The summed E-state index contributed by atoms with van der Waals surface area (Å²) in [6, 6.07) is 9.59. The van der Waals surface area contributed by atoms with Crippen LogP contribution in [0.25, 0.3) is 10.9 Å². The number of carbonyl (C=O) groups is 3. The van der Waals surface area contributed by atoms with Gasteiger partial charge < -0.3 is 9.87 Å². The Bertz CT molecular complexity index is 1730. The van der Waals surface area contributed by atoms with E-state index in [9.17, 15) is 27.9 Å². The molecule has 3 heterocycles. The van der Waals surface area contributed by atoms with Gasteiger partial charge >= 0.3 is 0 Å². The molecule has 0 radical (unpaired) electrons. The van der Waals surface area contributed by atoms with Crippen molar-refractivity contribution >= 4 is 44.7 Å². The Balaban J connectivity index is 1.32. The normalized spacial score (nSPS) is 20.1. The van der Waals surface area contributed by atoms with Crippen LogP contribution >= 0.6 is 0 Å². The second-order valence-electron chi connectivity index (χ2n) is 12.4. The van der Waals surface area contributed by atoms with E-state index in [1.54, 1.807) is 38.1 Å². The first kappa shape index (κ1) is 30.7. The lowest BCUT2D eigenvalue weighted by atomic mass is 9.87. The number of benzene rings is 2. The summed E-state index contributed by atoms with van der Waals surface area (Å²) in [6.07, 6.45) is 1.02. The van der Waals surface area contributed by atoms with Crippen LogP contribution in [0, 0.1) is 19.8 Å². The smallest absolute Gasteiger partial charge is 0.262 e. The molecule has 3 aromatic rings. The number of carbonyl (C=O) groups excluding carboxylic acids is 3. The van der Waals surface area contributed by atoms with Crippen LogP contribution in [0.15, 0.2) is 46.1 Å². The van der Waals surface area contributed by atoms with Gasteiger partial charge in [-0.15, -0.1) is 4.31 Å². The minimum atomic E-state index is -3.73. The highest BCUT2D eigenvalue weighted by Gasteiger charge is 2.38. The zero-order valence-electron chi connectivity index (χ0n) is 25.1. The number of rotatable bonds is 5. The summed E-state index contributed by atoms with van der Waals surface area (Å²) in [4.78, 5) is 55.7. The Morgan fingerprint density at radius 1 is 1.07 bits per heavy atom. The van der Waals surface area contributed by atoms with Gasteiger partial charge in [-0.2, -0.15) is 0 Å². The number of hydrogen-bond acceptors (Lipinski definition) is 7. The first-order valence-corrected chi connectivity index (χ1v) is 15.9. The van der Waals surface area contributed by atoms with E-state index in [2.05, 4.69) is 15.6 Å². The molecule has 1 aromatic heterocycles. The van der Waals surface area contributed by atoms with E-state index in [0.717, 1.165) is 5.56 Å². The van der Waals surface area contributed by atoms with Crippen LogP contribution in [0.3, 0.4) is 0 Å². The Hall–Kier alpha value is -3.74. The van der Waals surface area contributed by atoms with Crippen LogP contribution in [0.5, 0.6) is 0 Å². The number of hydrogen-bond donors (Lipinski definition) is 2. The van der Waals surface area contributed by atoms with Gasteiger partial charge in [0, 0.05) is 31.0 Å². The molecule has 228 valence electrons. The number of anilines is 1. The van der Waals surface area contributed by atoms with Gasteiger partial charge in [-0.05, 0) is 62.3 Å². The van der Waals surface area contributed by atoms with E-state index in [1.807, 2.05) is 32.9 Å². The summed E-state index contributed by atoms with van der Waals surface area (Å²) in [5.74, 6) is -1.33. The van der Waals surface area contributed by atoms with Crippen molar-refractivity contribution in [1.82, 2.24) is 19.2 Å². The highest BCUT2D eigenvalue weighted by Crippen LogP contribution is 2.33. The fourth-order valence-electron chi connectivity index (χ4n) is 5.80. The highest BCUT2D eigenvalue weighted by atomic mass is 32.3. The summed E-state index contributed by atoms with van der Waals surface area (Å²) < 4.78 is 29.9. The number of nitrogens with zero attached hydrogens (tertiary/aromatic N) is 3. The average Bonchev–Trinajstić information content (AvgIpc) is 2.94. The first-order chi connectivity index (χ1) is 20.2. The van der Waals surface area contributed by atoms with E-state index in [-0.39, 0.29) is 54.4 Å². The van der Waals surface area contributed by atoms with Crippen molar-refractivity contribution < 1.29 is 23.1 Å². The molecule has 0 saturated carbocycles. The number of sulfonamides is 1. The molecule has 2 aliphatic rings. The number of aryl methyl sites for hydroxylation is 2. The number of piperidine rings is 2. The van der Waals surface area contributed by atoms with Gasteiger partial charge in [0.2, 0.25) is 17.7 Å². The van der Waals surface area contributed by atoms with Crippen molar-refractivity contribution in [3.8, 4) is 0 Å². The monoisotopic (exact) mass is 607 g/mol. The van der Waals surface area contributed by atoms with Gasteiger partial charge in [-0.25, -0.2) is 4.98 Å². The molecule has 2 unspecified atom stereocenters. The summed E-state index contributed by atoms with van der Waals surface area (Å²) in [7, 11) is -3.73. The molecule has 43 heavy (non-hydrogen) atoms. The predicted octanol–water partition coefficient (Wildman–Crippen LogP) is 3.54. The largest absolute Gasteiger partial charge is 0.593 e. The van der Waals surface area contributed by atoms with E-state index >= 15 is 0 Å². The average molecular weight is 608 g/mol. The molecule has 2 N–H and O–H groups in total. The maximum absolute atomic E-state index is 13.6. The van der Waals surface area contributed by atoms with Crippen LogP contribution in [0.4, 0.5) is 5.69 Å². The van der Waals surface area contributed by atoms with Gasteiger partial charge in [0.05, 0.1) is 11.1 Å². The molecule has 3 amide bonds. The number of aromatic nitrogens is 2. The lowest BCUT2D eigenvalue weighted by Crippen LogP contribution is -2.45. The molecular weight excluding hydrogens is 570 g/mol. The fraction of sp³-hybridized carbons (Fsp3) is 0.452. The topological polar surface area (TPSA) is 154 Å². The van der Waals surface area contributed by atoms with Crippen molar-refractivity contribution in [2.45, 2.75) is 76.7 Å². The molecule has 12 heteroatoms. The zero-order chi connectivity index (χ0) is 31.3. The maximum Gasteiger partial charge on any atom is 0.262 e. The van der Waals surface area contributed by atoms with Crippen molar-refractivity contribution in [2.75, 3.05) is 18.4 Å². The molecule has 0 aliphatic carbocycles. The van der Waals surface area contributed by atoms with E-state index in [0.29, 0.717) is 34.5 Å². The molecule has 2 aliphatic heterocycles. The Morgan fingerprint density at radius 3 is 2.42 bits per heavy atom. The summed E-state index contributed by atoms with van der Waals surface area (Å²) in [5.41, 5.74) is 1.66. The third kappa shape index (κ3) is 5.91. The summed E-state index contributed by atoms with van der Waals surface area (Å²) >= 11 is 0. The van der Waals surface area contributed by atoms with E-state index in [1.165, 1.54) is 8.87 Å². The van der Waals surface area contributed by atoms with Crippen molar-refractivity contribution in [1.29, 1.82) is 0 Å². The third-order valence-electron chi connectivity index (χ3n) is 8.38. The SMILES string of the molecule is Cc1ccc(C(C)(C)C)cc1[S+](=O)([O-])N1CCC(C(=O)Nc2cccc3c(=O)n(C4CCC(=O)NC4=O)c(C)nc23)CC1. The number of nitrogens with one attached hydrogen (secondary N) is 2. The Kier molecular flexibility index (Phi) is 8.14. The predicted molar refractivity (Wildman–Crippen MR) is 162 cm³/mol. The third-order valence-corrected chi connectivity index (χ3v) is 10.4. The van der Waals surface area contributed by atoms with Crippen LogP contribution in [-0.2, 0) is 34.4 Å². The fourth-order valence-corrected chi connectivity index (χ4v) is 7.52. The van der Waals surface area contributed by atoms with Gasteiger partial charge in [0.25, 0.3) is 5.56 Å². The second kappa shape index (κ2) is 11.4. The number of para-hydroxylation sites is 1. The molecule has 2 aromatic carbocycles. The van der Waals surface area contributed by atoms with Crippen molar-refractivity contribution in [3.05, 3.63) is 63.7 Å². The van der Waals surface area contributed by atoms with Crippen LogP contribution in [0.1, 0.15) is 69.4 Å². The van der Waals surface area contributed by atoms with Crippen molar-refractivity contribution in [3.63, 3.8) is 0 Å². The first-order valence-electron chi connectivity index (χ1n) is 14.5. The lowest BCUT2D eigenvalue weighted by Gasteiger charge is -2.34. The highest BCUT2D eigenvalue weighted by molar-refractivity contribution is 7.95. The van der Waals surface area contributed by atoms with Crippen LogP contribution < -0.4 is 16.2 Å². The number of fused-ring (bicyclic) bond motifs is 1. The summed E-state index contributed by atoms with van der Waals surface area (Å²) in [6.45, 7) is 9.94. The van der Waals surface area contributed by atoms with Gasteiger partial charge in [0.1, 0.15) is 17.4 Å². The van der Waals surface area contributed by atoms with Gasteiger partial charge in [-0.1, -0.05) is 43.2 Å². The Morgan fingerprint density at radius 2 is 1.77 bits per heavy atom. The van der Waals surface area contributed by atoms with Crippen molar-refractivity contribution in [2.24, 2.45) is 5.92 Å². The van der Waals surface area contributed by atoms with Crippen LogP contribution in [0.2, 0.25) is 0 Å². The molecule has 0 bridgehead atoms. The van der Waals surface area contributed by atoms with E-state index < -0.39 is 33.8 Å². The Labute approximate surface area is 251 Å². The molecule has 2 saturated heterocycles. The zero-order valence-corrected chi connectivity index (χ0v) is 25.9. The molecule has 5 rings (SSSR count). The quantitative estimate of drug-likeness (QED) is 0.332. The molecule has 0 spiro atoms. The molecular formula is C31H37N5O6S. The minimum Gasteiger partial charge on any atom is -0.593 e. The minimum absolute atomic E-state index is 0.124. The summed E-state index contributed by atoms with van der Waals surface area (Å²) in [5, 5.41) is 5.41. The molecule has 2 fully saturated rings. The second-order valence-corrected chi connectivity index (χ2v) is 14.3. The number of imide groups is 1. The van der Waals surface area contributed by atoms with Crippen LogP contribution in [-0.4, -0.2) is 49.2 Å². The van der Waals surface area contributed by atoms with Gasteiger partial charge in [0.15, 0.2) is 15.3 Å². The maximum atomic E-state index is 13.6. The number of amides is 3. The standard InChI is InChI=1S/C31H37N5O6S/c1-18-9-10-21(31(3,4)5)17-25(18)43(41,42)35-15-13-20(14-16-35)28(38)33-23-8-6-7-22-27(23)32-19(2)36(30(22)40)24-11-12-26(37)34-29(24)39/h6-10,17,20,24H,11-16H2,1-5H3,(H2-,33,34,37,38,39,41,42).